The van der Waals surface area contributed by atoms with E-state index in [1.807, 2.05) is 0 Å². The molecule has 2 N–H and O–H groups in total. The van der Waals surface area contributed by atoms with Gasteiger partial charge in [-0.2, -0.15) is 13.2 Å². The molecule has 1 atom stereocenters. The number of alkyl halides is 3. The summed E-state index contributed by atoms with van der Waals surface area (Å²) in [5, 5.41) is -1.84. The Bertz CT molecular complexity index is 862. The molecule has 11 heteroatoms. The molecule has 1 heterocycles. The van der Waals surface area contributed by atoms with Gasteiger partial charge in [0, 0.05) is 17.5 Å². The van der Waals surface area contributed by atoms with Gasteiger partial charge in [-0.1, -0.05) is 11.6 Å². The van der Waals surface area contributed by atoms with Gasteiger partial charge < -0.3 is 5.73 Å². The molecule has 1 aromatic carbocycles. The summed E-state index contributed by atoms with van der Waals surface area (Å²) in [6, 6.07) is 2.37. The number of pyridine rings is 1. The van der Waals surface area contributed by atoms with E-state index in [4.69, 9.17) is 17.3 Å². The van der Waals surface area contributed by atoms with E-state index in [2.05, 4.69) is 4.98 Å². The number of benzene rings is 1. The molecule has 1 aromatic heterocycles. The van der Waals surface area contributed by atoms with Gasteiger partial charge in [0.1, 0.15) is 11.5 Å². The van der Waals surface area contributed by atoms with Crippen LogP contribution in [0.15, 0.2) is 24.4 Å². The Kier molecular flexibility index (Phi) is 6.63. The van der Waals surface area contributed by atoms with Crippen molar-refractivity contribution in [1.29, 1.82) is 0 Å². The molecule has 0 aliphatic heterocycles. The molecule has 0 bridgehead atoms. The number of hydrogen-bond acceptors (Lipinski definition) is 3. The lowest BCUT2D eigenvalue weighted by Gasteiger charge is -2.21. The number of nitrogens with zero attached hydrogens (tertiary/aromatic N) is 1. The fourth-order valence-electron chi connectivity index (χ4n) is 2.24. The molecule has 3 nitrogen and oxygen atoms in total. The molecular formula is C16H11ClF6N2OS. The fraction of sp³-hybridized carbons (Fsp3) is 0.250. The van der Waals surface area contributed by atoms with Crippen LogP contribution in [0.4, 0.5) is 26.3 Å². The minimum Gasteiger partial charge on any atom is -0.364 e. The van der Waals surface area contributed by atoms with Crippen molar-refractivity contribution in [2.24, 2.45) is 5.73 Å². The molecule has 0 spiro atoms. The second kappa shape index (κ2) is 8.39. The average molecular weight is 429 g/mol. The smallest absolute Gasteiger partial charge is 0.364 e. The van der Waals surface area contributed by atoms with Gasteiger partial charge in [0.2, 0.25) is 0 Å². The number of carbonyl (C=O) groups excluding carboxylic acids is 1. The summed E-state index contributed by atoms with van der Waals surface area (Å²) >= 11 is 6.52. The average Bonchev–Trinajstić information content (AvgIpc) is 2.56. The molecular weight excluding hydrogens is 418 g/mol. The van der Waals surface area contributed by atoms with Crippen LogP contribution >= 0.6 is 23.4 Å². The molecule has 146 valence electrons. The second-order valence-corrected chi connectivity index (χ2v) is 6.89. The highest BCUT2D eigenvalue weighted by Crippen LogP contribution is 2.43. The predicted octanol–water partition coefficient (Wildman–Crippen LogP) is 5.03. The zero-order chi connectivity index (χ0) is 20.4. The van der Waals surface area contributed by atoms with Gasteiger partial charge in [-0.3, -0.25) is 4.79 Å². The number of amides is 1. The molecule has 2 rings (SSSR count). The van der Waals surface area contributed by atoms with Crippen molar-refractivity contribution < 1.29 is 31.1 Å². The van der Waals surface area contributed by atoms with E-state index >= 15 is 0 Å². The number of halogens is 7. The first-order chi connectivity index (χ1) is 12.5. The van der Waals surface area contributed by atoms with Crippen LogP contribution in [0, 0.1) is 17.5 Å². The van der Waals surface area contributed by atoms with Gasteiger partial charge in [0.25, 0.3) is 5.91 Å². The zero-order valence-electron chi connectivity index (χ0n) is 13.3. The number of nitrogens with two attached hydrogens (primary N) is 1. The summed E-state index contributed by atoms with van der Waals surface area (Å²) < 4.78 is 79.5. The van der Waals surface area contributed by atoms with Crippen LogP contribution < -0.4 is 5.73 Å². The number of primary amides is 1. The summed E-state index contributed by atoms with van der Waals surface area (Å²) in [6.45, 7) is 0. The predicted molar refractivity (Wildman–Crippen MR) is 89.1 cm³/mol. The van der Waals surface area contributed by atoms with Crippen LogP contribution in [0.3, 0.4) is 0 Å². The summed E-state index contributed by atoms with van der Waals surface area (Å²) in [7, 11) is 0. The summed E-state index contributed by atoms with van der Waals surface area (Å²) in [5.41, 5.74) is 3.76. The molecule has 1 unspecified atom stereocenters. The van der Waals surface area contributed by atoms with E-state index in [0.717, 1.165) is 6.20 Å². The summed E-state index contributed by atoms with van der Waals surface area (Å²) in [4.78, 5) is 15.0. The van der Waals surface area contributed by atoms with Crippen LogP contribution in [0.1, 0.15) is 33.3 Å². The van der Waals surface area contributed by atoms with Crippen molar-refractivity contribution in [3.63, 3.8) is 0 Å². The lowest BCUT2D eigenvalue weighted by molar-refractivity contribution is -0.129. The monoisotopic (exact) mass is 428 g/mol. The Balaban J connectivity index is 2.57. The van der Waals surface area contributed by atoms with Gasteiger partial charge in [-0.15, -0.1) is 11.8 Å². The van der Waals surface area contributed by atoms with Crippen molar-refractivity contribution in [2.45, 2.75) is 17.8 Å². The van der Waals surface area contributed by atoms with Crippen LogP contribution in [-0.4, -0.2) is 22.8 Å². The zero-order valence-corrected chi connectivity index (χ0v) is 14.9. The first-order valence-electron chi connectivity index (χ1n) is 7.29. The van der Waals surface area contributed by atoms with Crippen molar-refractivity contribution in [2.75, 3.05) is 5.75 Å². The van der Waals surface area contributed by atoms with Crippen LogP contribution in [0.5, 0.6) is 0 Å². The maximum atomic E-state index is 14.2. The van der Waals surface area contributed by atoms with E-state index in [0.29, 0.717) is 23.9 Å². The largest absolute Gasteiger partial charge is 0.389 e. The molecule has 27 heavy (non-hydrogen) atoms. The highest BCUT2D eigenvalue weighted by molar-refractivity contribution is 7.99. The van der Waals surface area contributed by atoms with E-state index in [9.17, 15) is 31.1 Å². The van der Waals surface area contributed by atoms with Gasteiger partial charge in [0.15, 0.2) is 11.6 Å². The molecule has 0 radical (unpaired) electrons. The van der Waals surface area contributed by atoms with Crippen LogP contribution in [-0.2, 0) is 0 Å². The first-order valence-corrected chi connectivity index (χ1v) is 8.71. The number of aromatic nitrogens is 1. The normalized spacial score (nSPS) is 12.9. The topological polar surface area (TPSA) is 56.0 Å². The quantitative estimate of drug-likeness (QED) is 0.519. The summed E-state index contributed by atoms with van der Waals surface area (Å²) in [5.74, 6) is -5.75. The molecule has 0 aliphatic rings. The van der Waals surface area contributed by atoms with Crippen molar-refractivity contribution >= 4 is 29.3 Å². The molecule has 2 aromatic rings. The highest BCUT2D eigenvalue weighted by atomic mass is 35.5. The summed E-state index contributed by atoms with van der Waals surface area (Å²) in [6.07, 6.45) is -4.69. The number of rotatable bonds is 6. The number of hydrogen-bond donors (Lipinski definition) is 1. The Morgan fingerprint density at radius 1 is 1.19 bits per heavy atom. The molecule has 1 amide bonds. The van der Waals surface area contributed by atoms with Gasteiger partial charge in [0.05, 0.1) is 16.7 Å². The number of thioether (sulfide) groups is 1. The van der Waals surface area contributed by atoms with E-state index in [-0.39, 0.29) is 10.6 Å². The molecule has 0 saturated carbocycles. The Morgan fingerprint density at radius 2 is 1.81 bits per heavy atom. The first kappa shape index (κ1) is 21.4. The highest BCUT2D eigenvalue weighted by Gasteiger charge is 2.31. The van der Waals surface area contributed by atoms with E-state index in [1.54, 1.807) is 0 Å². The lowest BCUT2D eigenvalue weighted by Crippen LogP contribution is -2.16. The van der Waals surface area contributed by atoms with Crippen molar-refractivity contribution in [1.82, 2.24) is 4.98 Å². The number of carbonyl (C=O) groups is 1. The van der Waals surface area contributed by atoms with Crippen LogP contribution in [0.25, 0.3) is 0 Å². The Hall–Kier alpha value is -1.94. The Morgan fingerprint density at radius 3 is 2.41 bits per heavy atom. The third kappa shape index (κ3) is 5.07. The third-order valence-corrected chi connectivity index (χ3v) is 5.11. The van der Waals surface area contributed by atoms with Crippen LogP contribution in [0.2, 0.25) is 5.02 Å². The standard InChI is InChI=1S/C16H11ClF6N2OS/c17-11-7(3-5-25-13(11)15(24)26)14(27-6-4-16(21,22)23)10-8(18)1-2-9(19)12(10)20/h1-3,5,14H,4,6H2,(H2,24,26). The van der Waals surface area contributed by atoms with Gasteiger partial charge in [-0.05, 0) is 23.8 Å². The molecule has 0 fully saturated rings. The second-order valence-electron chi connectivity index (χ2n) is 5.30. The molecule has 0 saturated heterocycles. The maximum Gasteiger partial charge on any atom is 0.389 e. The van der Waals surface area contributed by atoms with Crippen molar-refractivity contribution in [3.05, 3.63) is 63.7 Å². The van der Waals surface area contributed by atoms with Crippen molar-refractivity contribution in [3.8, 4) is 0 Å². The lowest BCUT2D eigenvalue weighted by atomic mass is 10.0. The van der Waals surface area contributed by atoms with Gasteiger partial charge >= 0.3 is 6.18 Å². The molecule has 0 aliphatic carbocycles. The fourth-order valence-corrected chi connectivity index (χ4v) is 3.96. The van der Waals surface area contributed by atoms with E-state index in [1.165, 1.54) is 6.07 Å². The SMILES string of the molecule is NC(=O)c1nccc(C(SCCC(F)(F)F)c2c(F)ccc(F)c2F)c1Cl. The Labute approximate surface area is 158 Å². The third-order valence-electron chi connectivity index (χ3n) is 3.45. The maximum absolute atomic E-state index is 14.2. The minimum absolute atomic E-state index is 0.115. The minimum atomic E-state index is -4.50. The van der Waals surface area contributed by atoms with E-state index < -0.39 is 58.2 Å². The van der Waals surface area contributed by atoms with Gasteiger partial charge in [-0.25, -0.2) is 18.2 Å².